The number of aryl methyl sites for hydroxylation is 1. The van der Waals surface area contributed by atoms with Crippen molar-refractivity contribution in [2.24, 2.45) is 7.05 Å². The fraction of sp³-hybridized carbons (Fsp3) is 0.167. The molecule has 0 N–H and O–H groups in total. The first-order chi connectivity index (χ1) is 8.49. The number of hydrogen-bond acceptors (Lipinski definition) is 2. The summed E-state index contributed by atoms with van der Waals surface area (Å²) in [7, 11) is 3.51. The molecule has 0 radical (unpaired) electrons. The second-order valence-corrected chi connectivity index (χ2v) is 5.15. The first-order valence-corrected chi connectivity index (χ1v) is 6.38. The summed E-state index contributed by atoms with van der Waals surface area (Å²) in [6.45, 7) is 0. The van der Waals surface area contributed by atoms with Gasteiger partial charge in [-0.2, -0.15) is 5.10 Å². The molecule has 0 aliphatic heterocycles. The van der Waals surface area contributed by atoms with Gasteiger partial charge in [-0.1, -0.05) is 11.6 Å². The Labute approximate surface area is 118 Å². The SMILES string of the molecule is CN(C(=O)c1ccc(Cl)cc1Br)c1cnn(C)c1. The number of anilines is 1. The van der Waals surface area contributed by atoms with Crippen LogP contribution in [0.15, 0.2) is 35.1 Å². The van der Waals surface area contributed by atoms with Gasteiger partial charge in [0.05, 0.1) is 17.4 Å². The van der Waals surface area contributed by atoms with Crippen LogP contribution in [0.25, 0.3) is 0 Å². The molecule has 1 aromatic carbocycles. The number of nitrogens with zero attached hydrogens (tertiary/aromatic N) is 3. The maximum Gasteiger partial charge on any atom is 0.259 e. The molecule has 4 nitrogen and oxygen atoms in total. The Bertz CT molecular complexity index is 597. The Balaban J connectivity index is 2.31. The summed E-state index contributed by atoms with van der Waals surface area (Å²) in [5, 5.41) is 4.63. The minimum atomic E-state index is -0.119. The average Bonchev–Trinajstić information content (AvgIpc) is 2.74. The maximum absolute atomic E-state index is 12.3. The summed E-state index contributed by atoms with van der Waals surface area (Å²) in [5.41, 5.74) is 1.30. The molecule has 0 spiro atoms. The van der Waals surface area contributed by atoms with Crippen LogP contribution in [0.1, 0.15) is 10.4 Å². The number of aromatic nitrogens is 2. The minimum absolute atomic E-state index is 0.119. The zero-order chi connectivity index (χ0) is 13.3. The van der Waals surface area contributed by atoms with E-state index < -0.39 is 0 Å². The average molecular weight is 329 g/mol. The van der Waals surface area contributed by atoms with Crippen LogP contribution in [-0.2, 0) is 7.05 Å². The number of carbonyl (C=O) groups excluding carboxylic acids is 1. The lowest BCUT2D eigenvalue weighted by molar-refractivity contribution is 0.0992. The van der Waals surface area contributed by atoms with E-state index in [4.69, 9.17) is 11.6 Å². The van der Waals surface area contributed by atoms with Crippen LogP contribution in [0.5, 0.6) is 0 Å². The van der Waals surface area contributed by atoms with Gasteiger partial charge in [-0.25, -0.2) is 0 Å². The van der Waals surface area contributed by atoms with E-state index in [0.29, 0.717) is 15.1 Å². The molecule has 0 aliphatic carbocycles. The number of amides is 1. The molecular weight excluding hydrogens is 318 g/mol. The van der Waals surface area contributed by atoms with Gasteiger partial charge in [0.25, 0.3) is 5.91 Å². The summed E-state index contributed by atoms with van der Waals surface area (Å²) in [5.74, 6) is -0.119. The second kappa shape index (κ2) is 5.12. The van der Waals surface area contributed by atoms with E-state index >= 15 is 0 Å². The van der Waals surface area contributed by atoms with Crippen LogP contribution in [0.4, 0.5) is 5.69 Å². The van der Waals surface area contributed by atoms with Crippen LogP contribution in [0.3, 0.4) is 0 Å². The van der Waals surface area contributed by atoms with Crippen LogP contribution in [-0.4, -0.2) is 22.7 Å². The van der Waals surface area contributed by atoms with Gasteiger partial charge in [0.15, 0.2) is 0 Å². The minimum Gasteiger partial charge on any atom is -0.308 e. The van der Waals surface area contributed by atoms with E-state index in [1.165, 1.54) is 0 Å². The highest BCUT2D eigenvalue weighted by Gasteiger charge is 2.17. The second-order valence-electron chi connectivity index (χ2n) is 3.86. The number of halogens is 2. The van der Waals surface area contributed by atoms with Gasteiger partial charge in [0.1, 0.15) is 0 Å². The third-order valence-corrected chi connectivity index (χ3v) is 3.44. The van der Waals surface area contributed by atoms with Crippen LogP contribution < -0.4 is 4.90 Å². The molecule has 1 amide bonds. The highest BCUT2D eigenvalue weighted by atomic mass is 79.9. The Morgan fingerprint density at radius 3 is 2.78 bits per heavy atom. The van der Waals surface area contributed by atoms with Gasteiger partial charge in [-0.15, -0.1) is 0 Å². The van der Waals surface area contributed by atoms with E-state index in [-0.39, 0.29) is 5.91 Å². The largest absolute Gasteiger partial charge is 0.308 e. The molecule has 0 bridgehead atoms. The molecule has 0 unspecified atom stereocenters. The molecule has 0 aliphatic rings. The molecule has 6 heteroatoms. The first-order valence-electron chi connectivity index (χ1n) is 5.21. The molecule has 18 heavy (non-hydrogen) atoms. The Morgan fingerprint density at radius 1 is 1.50 bits per heavy atom. The molecule has 1 aromatic heterocycles. The van der Waals surface area contributed by atoms with Gasteiger partial charge >= 0.3 is 0 Å². The highest BCUT2D eigenvalue weighted by molar-refractivity contribution is 9.10. The fourth-order valence-electron chi connectivity index (χ4n) is 1.54. The van der Waals surface area contributed by atoms with E-state index in [1.807, 2.05) is 0 Å². The van der Waals surface area contributed by atoms with Gasteiger partial charge in [-0.05, 0) is 34.1 Å². The van der Waals surface area contributed by atoms with Crippen LogP contribution in [0, 0.1) is 0 Å². The highest BCUT2D eigenvalue weighted by Crippen LogP contribution is 2.24. The van der Waals surface area contributed by atoms with E-state index in [1.54, 1.807) is 54.3 Å². The smallest absolute Gasteiger partial charge is 0.259 e. The van der Waals surface area contributed by atoms with Crippen molar-refractivity contribution in [1.29, 1.82) is 0 Å². The third kappa shape index (κ3) is 2.57. The molecule has 1 heterocycles. The topological polar surface area (TPSA) is 38.1 Å². The van der Waals surface area contributed by atoms with Crippen molar-refractivity contribution in [3.05, 3.63) is 45.7 Å². The monoisotopic (exact) mass is 327 g/mol. The lowest BCUT2D eigenvalue weighted by Crippen LogP contribution is -2.26. The third-order valence-electron chi connectivity index (χ3n) is 2.54. The van der Waals surface area contributed by atoms with E-state index in [0.717, 1.165) is 5.69 Å². The molecular formula is C12H11BrClN3O. The normalized spacial score (nSPS) is 10.4. The molecule has 2 rings (SSSR count). The molecule has 94 valence electrons. The molecule has 0 fully saturated rings. The predicted molar refractivity (Wildman–Crippen MR) is 75.1 cm³/mol. The number of hydrogen-bond donors (Lipinski definition) is 0. The summed E-state index contributed by atoms with van der Waals surface area (Å²) < 4.78 is 2.33. The van der Waals surface area contributed by atoms with E-state index in [9.17, 15) is 4.79 Å². The van der Waals surface area contributed by atoms with Gasteiger partial charge in [-0.3, -0.25) is 9.48 Å². The summed E-state index contributed by atoms with van der Waals surface area (Å²) in [6, 6.07) is 5.09. The van der Waals surface area contributed by atoms with Crippen LogP contribution in [0.2, 0.25) is 5.02 Å². The number of rotatable bonds is 2. The van der Waals surface area contributed by atoms with Crippen molar-refractivity contribution >= 4 is 39.1 Å². The van der Waals surface area contributed by atoms with Gasteiger partial charge in [0.2, 0.25) is 0 Å². The Kier molecular flexibility index (Phi) is 3.73. The summed E-state index contributed by atoms with van der Waals surface area (Å²) in [4.78, 5) is 13.8. The molecule has 0 saturated carbocycles. The van der Waals surface area contributed by atoms with E-state index in [2.05, 4.69) is 21.0 Å². The Hall–Kier alpha value is -1.33. The van der Waals surface area contributed by atoms with Crippen molar-refractivity contribution in [2.45, 2.75) is 0 Å². The van der Waals surface area contributed by atoms with Gasteiger partial charge in [0, 0.05) is 29.8 Å². The number of benzene rings is 1. The van der Waals surface area contributed by atoms with Crippen molar-refractivity contribution in [2.75, 3.05) is 11.9 Å². The fourth-order valence-corrected chi connectivity index (χ4v) is 2.39. The Morgan fingerprint density at radius 2 is 2.22 bits per heavy atom. The van der Waals surface area contributed by atoms with Crippen molar-refractivity contribution < 1.29 is 4.79 Å². The van der Waals surface area contributed by atoms with Crippen LogP contribution >= 0.6 is 27.5 Å². The predicted octanol–water partition coefficient (Wildman–Crippen LogP) is 3.11. The molecule has 0 saturated heterocycles. The summed E-state index contributed by atoms with van der Waals surface area (Å²) >= 11 is 9.19. The quantitative estimate of drug-likeness (QED) is 0.849. The zero-order valence-electron chi connectivity index (χ0n) is 9.89. The van der Waals surface area contributed by atoms with Crippen molar-refractivity contribution in [1.82, 2.24) is 9.78 Å². The summed E-state index contributed by atoms with van der Waals surface area (Å²) in [6.07, 6.45) is 3.42. The molecule has 0 atom stereocenters. The van der Waals surface area contributed by atoms with Crippen molar-refractivity contribution in [3.8, 4) is 0 Å². The number of carbonyl (C=O) groups is 1. The van der Waals surface area contributed by atoms with Crippen molar-refractivity contribution in [3.63, 3.8) is 0 Å². The zero-order valence-corrected chi connectivity index (χ0v) is 12.2. The maximum atomic E-state index is 12.3. The van der Waals surface area contributed by atoms with Gasteiger partial charge < -0.3 is 4.90 Å². The first kappa shape index (κ1) is 13.1. The lowest BCUT2D eigenvalue weighted by atomic mass is 10.2. The molecule has 2 aromatic rings. The standard InChI is InChI=1S/C12H11BrClN3O/c1-16-7-9(6-15-16)17(2)12(18)10-4-3-8(14)5-11(10)13/h3-7H,1-2H3. The lowest BCUT2D eigenvalue weighted by Gasteiger charge is -2.15.